The largest absolute Gasteiger partial charge is 0.393 e. The van der Waals surface area contributed by atoms with E-state index in [4.69, 9.17) is 11.6 Å². The zero-order valence-corrected chi connectivity index (χ0v) is 12.9. The van der Waals surface area contributed by atoms with Crippen molar-refractivity contribution in [2.45, 2.75) is 42.7 Å². The molecule has 6 heteroatoms. The molecule has 0 unspecified atom stereocenters. The Morgan fingerprint density at radius 2 is 2.05 bits per heavy atom. The van der Waals surface area contributed by atoms with Crippen molar-refractivity contribution < 1.29 is 9.90 Å². The molecular formula is C14H19ClN2O2S. The first-order valence-electron chi connectivity index (χ1n) is 6.68. The van der Waals surface area contributed by atoms with E-state index in [-0.39, 0.29) is 18.2 Å². The molecule has 0 saturated heterocycles. The minimum absolute atomic E-state index is 0.135. The summed E-state index contributed by atoms with van der Waals surface area (Å²) in [5, 5.41) is 15.9. The molecule has 2 amide bonds. The second-order valence-corrected chi connectivity index (χ2v) is 6.15. The Bertz CT molecular complexity index is 476. The number of aliphatic hydroxyl groups is 1. The van der Waals surface area contributed by atoms with Gasteiger partial charge in [0.05, 0.1) is 16.8 Å². The monoisotopic (exact) mass is 314 g/mol. The van der Waals surface area contributed by atoms with E-state index in [9.17, 15) is 9.90 Å². The van der Waals surface area contributed by atoms with E-state index in [2.05, 4.69) is 10.6 Å². The predicted octanol–water partition coefficient (Wildman–Crippen LogP) is 3.49. The maximum absolute atomic E-state index is 12.0. The van der Waals surface area contributed by atoms with Gasteiger partial charge in [0.15, 0.2) is 0 Å². The minimum Gasteiger partial charge on any atom is -0.393 e. The normalized spacial score (nSPS) is 22.4. The first-order valence-corrected chi connectivity index (χ1v) is 8.28. The lowest BCUT2D eigenvalue weighted by Gasteiger charge is -2.26. The number of urea groups is 1. The highest BCUT2D eigenvalue weighted by atomic mass is 35.5. The quantitative estimate of drug-likeness (QED) is 0.748. The molecule has 0 spiro atoms. The van der Waals surface area contributed by atoms with Crippen molar-refractivity contribution in [2.24, 2.45) is 0 Å². The molecule has 1 aliphatic rings. The fraction of sp³-hybridized carbons (Fsp3) is 0.500. The van der Waals surface area contributed by atoms with Crippen molar-refractivity contribution in [1.82, 2.24) is 5.32 Å². The van der Waals surface area contributed by atoms with E-state index in [1.54, 1.807) is 6.07 Å². The summed E-state index contributed by atoms with van der Waals surface area (Å²) in [6.07, 6.45) is 4.84. The Labute approximate surface area is 128 Å². The van der Waals surface area contributed by atoms with Crippen LogP contribution in [0.15, 0.2) is 23.1 Å². The van der Waals surface area contributed by atoms with Crippen molar-refractivity contribution in [2.75, 3.05) is 11.6 Å². The van der Waals surface area contributed by atoms with Gasteiger partial charge in [-0.3, -0.25) is 0 Å². The molecule has 4 nitrogen and oxygen atoms in total. The molecule has 0 heterocycles. The summed E-state index contributed by atoms with van der Waals surface area (Å²) in [4.78, 5) is 12.9. The highest BCUT2D eigenvalue weighted by Crippen LogP contribution is 2.32. The van der Waals surface area contributed by atoms with Crippen LogP contribution >= 0.6 is 23.4 Å². The average molecular weight is 315 g/mol. The van der Waals surface area contributed by atoms with Crippen LogP contribution < -0.4 is 10.6 Å². The maximum Gasteiger partial charge on any atom is 0.319 e. The Kier molecular flexibility index (Phi) is 5.57. The number of benzene rings is 1. The fourth-order valence-electron chi connectivity index (χ4n) is 2.38. The van der Waals surface area contributed by atoms with E-state index in [1.807, 2.05) is 18.4 Å². The standard InChI is InChI=1S/C14H19ClN2O2S/c1-20-13-11(15)3-2-4-12(13)17-14(19)16-9-5-7-10(18)8-6-9/h2-4,9-10,18H,5-8H2,1H3,(H2,16,17,19). The molecule has 20 heavy (non-hydrogen) atoms. The van der Waals surface area contributed by atoms with Gasteiger partial charge in [-0.15, -0.1) is 11.8 Å². The van der Waals surface area contributed by atoms with Crippen molar-refractivity contribution in [1.29, 1.82) is 0 Å². The molecular weight excluding hydrogens is 296 g/mol. The molecule has 110 valence electrons. The summed E-state index contributed by atoms with van der Waals surface area (Å²) in [5.41, 5.74) is 0.721. The van der Waals surface area contributed by atoms with Gasteiger partial charge in [-0.25, -0.2) is 4.79 Å². The molecule has 1 fully saturated rings. The Morgan fingerprint density at radius 3 is 2.70 bits per heavy atom. The Balaban J connectivity index is 1.93. The van der Waals surface area contributed by atoms with Crippen LogP contribution in [-0.4, -0.2) is 29.5 Å². The van der Waals surface area contributed by atoms with E-state index >= 15 is 0 Å². The average Bonchev–Trinajstić information content (AvgIpc) is 2.42. The van der Waals surface area contributed by atoms with E-state index in [0.29, 0.717) is 5.02 Å². The van der Waals surface area contributed by atoms with Crippen LogP contribution in [0.2, 0.25) is 5.02 Å². The van der Waals surface area contributed by atoms with Gasteiger partial charge in [0, 0.05) is 10.9 Å². The van der Waals surface area contributed by atoms with Crippen LogP contribution in [0.4, 0.5) is 10.5 Å². The minimum atomic E-state index is -0.219. The topological polar surface area (TPSA) is 61.4 Å². The summed E-state index contributed by atoms with van der Waals surface area (Å²) in [5.74, 6) is 0. The van der Waals surface area contributed by atoms with Gasteiger partial charge in [0.25, 0.3) is 0 Å². The van der Waals surface area contributed by atoms with Crippen molar-refractivity contribution in [3.63, 3.8) is 0 Å². The number of rotatable bonds is 3. The summed E-state index contributed by atoms with van der Waals surface area (Å²) in [6.45, 7) is 0. The van der Waals surface area contributed by atoms with E-state index in [1.165, 1.54) is 11.8 Å². The van der Waals surface area contributed by atoms with Crippen molar-refractivity contribution in [3.05, 3.63) is 23.2 Å². The van der Waals surface area contributed by atoms with Crippen LogP contribution in [0.1, 0.15) is 25.7 Å². The number of carbonyl (C=O) groups excluding carboxylic acids is 1. The third-order valence-corrected chi connectivity index (χ3v) is 4.73. The van der Waals surface area contributed by atoms with Gasteiger partial charge in [-0.05, 0) is 44.1 Å². The summed E-state index contributed by atoms with van der Waals surface area (Å²) in [6, 6.07) is 5.37. The molecule has 1 aromatic rings. The zero-order valence-electron chi connectivity index (χ0n) is 11.4. The molecule has 0 aliphatic heterocycles. The molecule has 1 aliphatic carbocycles. The summed E-state index contributed by atoms with van der Waals surface area (Å²) in [7, 11) is 0. The fourth-order valence-corrected chi connectivity index (χ4v) is 3.39. The highest BCUT2D eigenvalue weighted by Gasteiger charge is 2.21. The van der Waals surface area contributed by atoms with Gasteiger partial charge in [0.1, 0.15) is 0 Å². The van der Waals surface area contributed by atoms with Crippen LogP contribution in [-0.2, 0) is 0 Å². The van der Waals surface area contributed by atoms with Crippen LogP contribution in [0.25, 0.3) is 0 Å². The number of thioether (sulfide) groups is 1. The van der Waals surface area contributed by atoms with Gasteiger partial charge >= 0.3 is 6.03 Å². The molecule has 2 rings (SSSR count). The second kappa shape index (κ2) is 7.20. The lowest BCUT2D eigenvalue weighted by Crippen LogP contribution is -2.40. The Hall–Kier alpha value is -0.910. The van der Waals surface area contributed by atoms with Crippen LogP contribution in [0.3, 0.4) is 0 Å². The number of anilines is 1. The second-order valence-electron chi connectivity index (χ2n) is 4.92. The smallest absolute Gasteiger partial charge is 0.319 e. The number of hydrogen-bond acceptors (Lipinski definition) is 3. The molecule has 3 N–H and O–H groups in total. The van der Waals surface area contributed by atoms with Crippen LogP contribution in [0, 0.1) is 0 Å². The molecule has 0 aromatic heterocycles. The van der Waals surface area contributed by atoms with Gasteiger partial charge in [-0.2, -0.15) is 0 Å². The predicted molar refractivity (Wildman–Crippen MR) is 83.7 cm³/mol. The highest BCUT2D eigenvalue weighted by molar-refractivity contribution is 7.98. The summed E-state index contributed by atoms with van der Waals surface area (Å²) < 4.78 is 0. The molecule has 1 saturated carbocycles. The number of amides is 2. The Morgan fingerprint density at radius 1 is 1.35 bits per heavy atom. The molecule has 0 radical (unpaired) electrons. The van der Waals surface area contributed by atoms with Gasteiger partial charge < -0.3 is 15.7 Å². The zero-order chi connectivity index (χ0) is 14.5. The maximum atomic E-state index is 12.0. The number of aliphatic hydroxyl groups excluding tert-OH is 1. The van der Waals surface area contributed by atoms with Crippen molar-refractivity contribution in [3.8, 4) is 0 Å². The number of carbonyl (C=O) groups is 1. The number of halogens is 1. The van der Waals surface area contributed by atoms with E-state index < -0.39 is 0 Å². The van der Waals surface area contributed by atoms with Crippen LogP contribution in [0.5, 0.6) is 0 Å². The molecule has 0 bridgehead atoms. The third kappa shape index (κ3) is 4.04. The van der Waals surface area contributed by atoms with Gasteiger partial charge in [-0.1, -0.05) is 17.7 Å². The first-order chi connectivity index (χ1) is 9.60. The van der Waals surface area contributed by atoms with Crippen molar-refractivity contribution >= 4 is 35.1 Å². The number of nitrogens with one attached hydrogen (secondary N) is 2. The summed E-state index contributed by atoms with van der Waals surface area (Å²) >= 11 is 7.60. The first kappa shape index (κ1) is 15.5. The third-order valence-electron chi connectivity index (χ3n) is 3.45. The SMILES string of the molecule is CSc1c(Cl)cccc1NC(=O)NC1CCC(O)CC1. The van der Waals surface area contributed by atoms with E-state index in [0.717, 1.165) is 36.3 Å². The molecule has 0 atom stereocenters. The lowest BCUT2D eigenvalue weighted by molar-refractivity contribution is 0.118. The molecule has 1 aromatic carbocycles. The van der Waals surface area contributed by atoms with Gasteiger partial charge in [0.2, 0.25) is 0 Å². The lowest BCUT2D eigenvalue weighted by atomic mass is 9.93. The number of hydrogen-bond donors (Lipinski definition) is 3.